The minimum Gasteiger partial charge on any atom is -0.392 e. The summed E-state index contributed by atoms with van der Waals surface area (Å²) in [6, 6.07) is 12.9. The lowest BCUT2D eigenvalue weighted by atomic mass is 10.1. The van der Waals surface area contributed by atoms with E-state index < -0.39 is 0 Å². The van der Waals surface area contributed by atoms with Gasteiger partial charge in [0.25, 0.3) is 0 Å². The van der Waals surface area contributed by atoms with Crippen LogP contribution in [0.2, 0.25) is 0 Å². The van der Waals surface area contributed by atoms with E-state index in [0.717, 1.165) is 45.4 Å². The van der Waals surface area contributed by atoms with Crippen molar-refractivity contribution in [2.75, 3.05) is 13.1 Å². The van der Waals surface area contributed by atoms with Gasteiger partial charge in [-0.1, -0.05) is 51.5 Å². The topological polar surface area (TPSA) is 28.4 Å². The van der Waals surface area contributed by atoms with Crippen molar-refractivity contribution in [1.82, 2.24) is 9.47 Å². The third kappa shape index (κ3) is 6.62. The largest absolute Gasteiger partial charge is 0.392 e. The molecule has 1 atom stereocenters. The lowest BCUT2D eigenvalue weighted by molar-refractivity contribution is 0.0969. The maximum Gasteiger partial charge on any atom is 0.0667 e. The molecule has 0 saturated heterocycles. The summed E-state index contributed by atoms with van der Waals surface area (Å²) in [7, 11) is 0. The molecule has 1 N–H and O–H groups in total. The van der Waals surface area contributed by atoms with Crippen LogP contribution in [0.1, 0.15) is 56.9 Å². The summed E-state index contributed by atoms with van der Waals surface area (Å²) in [6.45, 7) is 12.4. The lowest BCUT2D eigenvalue weighted by Crippen LogP contribution is -2.34. The highest BCUT2D eigenvalue weighted by molar-refractivity contribution is 5.26. The molecule has 3 nitrogen and oxygen atoms in total. The van der Waals surface area contributed by atoms with Gasteiger partial charge in [0.15, 0.2) is 0 Å². The summed E-state index contributed by atoms with van der Waals surface area (Å²) in [6.07, 6.45) is 5.01. The molecule has 0 radical (unpaired) electrons. The normalized spacial score (nSPS) is 12.9. The molecule has 1 unspecified atom stereocenters. The zero-order valence-electron chi connectivity index (χ0n) is 17.0. The maximum absolute atomic E-state index is 10.3. The zero-order valence-corrected chi connectivity index (χ0v) is 17.0. The van der Waals surface area contributed by atoms with Crippen LogP contribution in [-0.4, -0.2) is 33.8 Å². The molecule has 2 aromatic rings. The lowest BCUT2D eigenvalue weighted by Gasteiger charge is -2.26. The van der Waals surface area contributed by atoms with Gasteiger partial charge in [-0.05, 0) is 55.5 Å². The number of benzene rings is 1. The van der Waals surface area contributed by atoms with E-state index in [4.69, 9.17) is 0 Å². The van der Waals surface area contributed by atoms with E-state index in [1.165, 1.54) is 16.8 Å². The van der Waals surface area contributed by atoms with Crippen molar-refractivity contribution < 1.29 is 5.11 Å². The van der Waals surface area contributed by atoms with E-state index >= 15 is 0 Å². The Hall–Kier alpha value is -1.58. The van der Waals surface area contributed by atoms with Crippen LogP contribution in [0.3, 0.4) is 0 Å². The molecule has 1 aromatic heterocycles. The summed E-state index contributed by atoms with van der Waals surface area (Å²) in [4.78, 5) is 2.42. The van der Waals surface area contributed by atoms with Gasteiger partial charge in [0.1, 0.15) is 0 Å². The van der Waals surface area contributed by atoms with Gasteiger partial charge < -0.3 is 9.67 Å². The van der Waals surface area contributed by atoms with Gasteiger partial charge in [-0.25, -0.2) is 0 Å². The van der Waals surface area contributed by atoms with E-state index in [9.17, 15) is 5.11 Å². The van der Waals surface area contributed by atoms with Crippen molar-refractivity contribution in [3.05, 3.63) is 59.4 Å². The number of aryl methyl sites for hydroxylation is 1. The van der Waals surface area contributed by atoms with E-state index in [-0.39, 0.29) is 6.10 Å². The van der Waals surface area contributed by atoms with Crippen LogP contribution in [0.5, 0.6) is 0 Å². The highest BCUT2D eigenvalue weighted by Crippen LogP contribution is 2.15. The summed E-state index contributed by atoms with van der Waals surface area (Å²) in [5.74, 6) is 0.680. The minimum atomic E-state index is -0.230. The first kappa shape index (κ1) is 20.7. The highest BCUT2D eigenvalue weighted by Gasteiger charge is 2.14. The summed E-state index contributed by atoms with van der Waals surface area (Å²) < 4.78 is 2.34. The number of rotatable bonds is 11. The average molecular weight is 357 g/mol. The molecule has 1 heterocycles. The van der Waals surface area contributed by atoms with Crippen LogP contribution in [0.15, 0.2) is 42.6 Å². The van der Waals surface area contributed by atoms with E-state index in [1.807, 2.05) is 0 Å². The third-order valence-electron chi connectivity index (χ3n) is 5.02. The molecule has 0 saturated carbocycles. The molecule has 0 aliphatic heterocycles. The SMILES string of the molecule is CCCC(O)CN(CCC(C)C)Cc1cccn1Cc1ccccc1C. The van der Waals surface area contributed by atoms with E-state index in [2.05, 4.69) is 79.8 Å². The van der Waals surface area contributed by atoms with Crippen molar-refractivity contribution in [2.24, 2.45) is 5.92 Å². The second-order valence-electron chi connectivity index (χ2n) is 7.91. The van der Waals surface area contributed by atoms with Crippen LogP contribution in [-0.2, 0) is 13.1 Å². The van der Waals surface area contributed by atoms with Gasteiger partial charge in [-0.3, -0.25) is 4.90 Å². The van der Waals surface area contributed by atoms with Gasteiger partial charge in [0.05, 0.1) is 6.10 Å². The predicted octanol–water partition coefficient (Wildman–Crippen LogP) is 4.85. The average Bonchev–Trinajstić information content (AvgIpc) is 3.02. The molecular formula is C23H36N2O. The van der Waals surface area contributed by atoms with Crippen LogP contribution >= 0.6 is 0 Å². The Labute approximate surface area is 159 Å². The van der Waals surface area contributed by atoms with Gasteiger partial charge >= 0.3 is 0 Å². The summed E-state index contributed by atoms with van der Waals surface area (Å²) in [5.41, 5.74) is 4.02. The van der Waals surface area contributed by atoms with E-state index in [0.29, 0.717) is 5.92 Å². The molecule has 0 fully saturated rings. The first-order chi connectivity index (χ1) is 12.5. The molecule has 26 heavy (non-hydrogen) atoms. The Balaban J connectivity index is 2.07. The van der Waals surface area contributed by atoms with E-state index in [1.54, 1.807) is 0 Å². The number of aliphatic hydroxyl groups is 1. The number of hydrogen-bond acceptors (Lipinski definition) is 2. The molecule has 144 valence electrons. The first-order valence-electron chi connectivity index (χ1n) is 10.1. The molecule has 0 aliphatic rings. The minimum absolute atomic E-state index is 0.230. The maximum atomic E-state index is 10.3. The number of aromatic nitrogens is 1. The molecule has 0 bridgehead atoms. The molecule has 1 aromatic carbocycles. The van der Waals surface area contributed by atoms with Crippen molar-refractivity contribution in [2.45, 2.75) is 66.2 Å². The highest BCUT2D eigenvalue weighted by atomic mass is 16.3. The molecule has 3 heteroatoms. The van der Waals surface area contributed by atoms with Gasteiger partial charge in [0, 0.05) is 31.5 Å². The van der Waals surface area contributed by atoms with Crippen molar-refractivity contribution in [3.63, 3.8) is 0 Å². The zero-order chi connectivity index (χ0) is 18.9. The van der Waals surface area contributed by atoms with Gasteiger partial charge in [-0.15, -0.1) is 0 Å². The fraction of sp³-hybridized carbons (Fsp3) is 0.565. The third-order valence-corrected chi connectivity index (χ3v) is 5.02. The van der Waals surface area contributed by atoms with Crippen LogP contribution in [0, 0.1) is 12.8 Å². The molecule has 0 spiro atoms. The number of nitrogens with zero attached hydrogens (tertiary/aromatic N) is 2. The van der Waals surface area contributed by atoms with Crippen LogP contribution in [0.25, 0.3) is 0 Å². The summed E-state index contributed by atoms with van der Waals surface area (Å²) >= 11 is 0. The fourth-order valence-electron chi connectivity index (χ4n) is 3.35. The molecule has 2 rings (SSSR count). The van der Waals surface area contributed by atoms with Crippen molar-refractivity contribution >= 4 is 0 Å². The number of hydrogen-bond donors (Lipinski definition) is 1. The Bertz CT molecular complexity index is 647. The standard InChI is InChI=1S/C23H36N2O/c1-5-9-23(26)18-24(15-13-19(2)3)17-22-12-8-14-25(22)16-21-11-7-6-10-20(21)4/h6-8,10-12,14,19,23,26H,5,9,13,15-18H2,1-4H3. The second kappa shape index (κ2) is 10.5. The monoisotopic (exact) mass is 356 g/mol. The second-order valence-corrected chi connectivity index (χ2v) is 7.91. The fourth-order valence-corrected chi connectivity index (χ4v) is 3.35. The first-order valence-corrected chi connectivity index (χ1v) is 10.1. The van der Waals surface area contributed by atoms with Crippen LogP contribution < -0.4 is 0 Å². The Morgan fingerprint density at radius 1 is 1.08 bits per heavy atom. The Morgan fingerprint density at radius 3 is 2.54 bits per heavy atom. The summed E-state index contributed by atoms with van der Waals surface area (Å²) in [5, 5.41) is 10.3. The molecular weight excluding hydrogens is 320 g/mol. The number of aliphatic hydroxyl groups excluding tert-OH is 1. The van der Waals surface area contributed by atoms with Crippen molar-refractivity contribution in [1.29, 1.82) is 0 Å². The predicted molar refractivity (Wildman–Crippen MR) is 110 cm³/mol. The Morgan fingerprint density at radius 2 is 1.85 bits per heavy atom. The van der Waals surface area contributed by atoms with Gasteiger partial charge in [-0.2, -0.15) is 0 Å². The molecule has 0 aliphatic carbocycles. The van der Waals surface area contributed by atoms with Crippen molar-refractivity contribution in [3.8, 4) is 0 Å². The van der Waals surface area contributed by atoms with Crippen LogP contribution in [0.4, 0.5) is 0 Å². The Kier molecular flexibility index (Phi) is 8.40. The smallest absolute Gasteiger partial charge is 0.0667 e. The molecule has 0 amide bonds. The van der Waals surface area contributed by atoms with Gasteiger partial charge in [0.2, 0.25) is 0 Å². The quantitative estimate of drug-likeness (QED) is 0.623.